The van der Waals surface area contributed by atoms with Crippen LogP contribution in [0.4, 0.5) is 17.1 Å². The third kappa shape index (κ3) is 1.54. The van der Waals surface area contributed by atoms with Crippen molar-refractivity contribution in [2.24, 2.45) is 0 Å². The van der Waals surface area contributed by atoms with Gasteiger partial charge in [-0.15, -0.1) is 0 Å². The Kier molecular flexibility index (Phi) is 2.32. The van der Waals surface area contributed by atoms with Crippen LogP contribution in [0.3, 0.4) is 0 Å². The molecule has 0 fully saturated rings. The van der Waals surface area contributed by atoms with Crippen molar-refractivity contribution in [3.8, 4) is 0 Å². The predicted octanol–water partition coefficient (Wildman–Crippen LogP) is 5.27. The van der Waals surface area contributed by atoms with Gasteiger partial charge >= 0.3 is 0 Å². The third-order valence-corrected chi connectivity index (χ3v) is 4.90. The lowest BCUT2D eigenvalue weighted by Gasteiger charge is -2.39. The van der Waals surface area contributed by atoms with Crippen molar-refractivity contribution in [1.82, 2.24) is 0 Å². The highest BCUT2D eigenvalue weighted by Crippen LogP contribution is 2.50. The summed E-state index contributed by atoms with van der Waals surface area (Å²) in [5.41, 5.74) is 11.2. The monoisotopic (exact) mass is 283 g/mol. The van der Waals surface area contributed by atoms with Crippen LogP contribution in [-0.2, 0) is 12.8 Å². The molecule has 0 bridgehead atoms. The number of aryl methyl sites for hydroxylation is 1. The van der Waals surface area contributed by atoms with Crippen LogP contribution in [0.2, 0.25) is 0 Å². The first-order chi connectivity index (χ1) is 10.8. The fraction of sp³-hybridized carbons (Fsp3) is 0.143. The Balaban J connectivity index is 1.87. The molecule has 0 N–H and O–H groups in total. The molecule has 3 aromatic carbocycles. The summed E-state index contributed by atoms with van der Waals surface area (Å²) in [6.07, 6.45) is 2.08. The predicted molar refractivity (Wildman–Crippen MR) is 91.5 cm³/mol. The maximum Gasteiger partial charge on any atom is 0.0532 e. The maximum absolute atomic E-state index is 2.48. The van der Waals surface area contributed by atoms with E-state index in [1.807, 2.05) is 0 Å². The Morgan fingerprint density at radius 2 is 1.36 bits per heavy atom. The molecule has 3 aromatic rings. The van der Waals surface area contributed by atoms with E-state index in [4.69, 9.17) is 0 Å². The second kappa shape index (κ2) is 4.23. The van der Waals surface area contributed by atoms with E-state index < -0.39 is 0 Å². The molecule has 0 aromatic heterocycles. The molecule has 0 spiro atoms. The summed E-state index contributed by atoms with van der Waals surface area (Å²) < 4.78 is 0. The summed E-state index contributed by atoms with van der Waals surface area (Å²) in [5.74, 6) is 0. The van der Waals surface area contributed by atoms with Crippen LogP contribution < -0.4 is 4.90 Å². The third-order valence-electron chi connectivity index (χ3n) is 4.90. The van der Waals surface area contributed by atoms with Gasteiger partial charge < -0.3 is 4.90 Å². The van der Waals surface area contributed by atoms with Gasteiger partial charge in [0.15, 0.2) is 0 Å². The number of hydrogen-bond acceptors (Lipinski definition) is 1. The van der Waals surface area contributed by atoms with Crippen LogP contribution in [0.25, 0.3) is 0 Å². The topological polar surface area (TPSA) is 3.24 Å². The van der Waals surface area contributed by atoms with Crippen molar-refractivity contribution in [2.75, 3.05) is 4.90 Å². The summed E-state index contributed by atoms with van der Waals surface area (Å²) in [5, 5.41) is 0. The van der Waals surface area contributed by atoms with Crippen LogP contribution >= 0.6 is 0 Å². The molecule has 0 saturated heterocycles. The molecular weight excluding hydrogens is 266 g/mol. The molecule has 0 atom stereocenters. The van der Waals surface area contributed by atoms with Gasteiger partial charge in [0.2, 0.25) is 0 Å². The number of hydrogen-bond donors (Lipinski definition) is 0. The lowest BCUT2D eigenvalue weighted by atomic mass is 9.86. The number of nitrogens with zero attached hydrogens (tertiary/aromatic N) is 1. The molecule has 0 saturated carbocycles. The van der Waals surface area contributed by atoms with Crippen LogP contribution in [-0.4, -0.2) is 0 Å². The van der Waals surface area contributed by atoms with Crippen molar-refractivity contribution in [3.05, 3.63) is 88.5 Å². The molecule has 0 unspecified atom stereocenters. The first-order valence-electron chi connectivity index (χ1n) is 7.89. The van der Waals surface area contributed by atoms with E-state index >= 15 is 0 Å². The molecule has 1 nitrogen and oxygen atoms in total. The lowest BCUT2D eigenvalue weighted by Crippen LogP contribution is -2.24. The molecular formula is C21H17N. The fourth-order valence-electron chi connectivity index (χ4n) is 3.91. The minimum atomic E-state index is 1.04. The lowest BCUT2D eigenvalue weighted by molar-refractivity contribution is 1.01. The van der Waals surface area contributed by atoms with Gasteiger partial charge in [0, 0.05) is 24.2 Å². The van der Waals surface area contributed by atoms with Gasteiger partial charge in [0.1, 0.15) is 0 Å². The molecule has 106 valence electrons. The number of para-hydroxylation sites is 2. The van der Waals surface area contributed by atoms with Crippen molar-refractivity contribution >= 4 is 17.1 Å². The highest BCUT2D eigenvalue weighted by molar-refractivity contribution is 5.89. The second-order valence-corrected chi connectivity index (χ2v) is 6.37. The Hall–Kier alpha value is -2.54. The van der Waals surface area contributed by atoms with Crippen molar-refractivity contribution in [1.29, 1.82) is 0 Å². The SMILES string of the molecule is Cc1ccc2c(c1)N1c3ccccc3Cc3cccc(c31)C2. The second-order valence-electron chi connectivity index (χ2n) is 6.37. The average Bonchev–Trinajstić information content (AvgIpc) is 2.55. The Bertz CT molecular complexity index is 893. The number of anilines is 3. The Morgan fingerprint density at radius 3 is 2.18 bits per heavy atom. The van der Waals surface area contributed by atoms with Crippen LogP contribution in [0.15, 0.2) is 60.7 Å². The summed E-state index contributed by atoms with van der Waals surface area (Å²) in [6, 6.07) is 22.4. The summed E-state index contributed by atoms with van der Waals surface area (Å²) in [4.78, 5) is 2.48. The molecule has 2 aliphatic heterocycles. The van der Waals surface area contributed by atoms with E-state index in [0.717, 1.165) is 12.8 Å². The molecule has 2 aliphatic rings. The van der Waals surface area contributed by atoms with Gasteiger partial charge in [-0.1, -0.05) is 48.5 Å². The highest BCUT2D eigenvalue weighted by Gasteiger charge is 2.30. The van der Waals surface area contributed by atoms with Gasteiger partial charge in [0.25, 0.3) is 0 Å². The largest absolute Gasteiger partial charge is 0.309 e. The standard InChI is InChI=1S/C21H17N/c1-14-9-10-16-13-18-7-4-6-17-12-15-5-2-3-8-19(15)22(21(17)18)20(16)11-14/h2-11H,12-13H2,1H3. The van der Waals surface area contributed by atoms with Gasteiger partial charge in [0.05, 0.1) is 5.69 Å². The van der Waals surface area contributed by atoms with Crippen molar-refractivity contribution in [3.63, 3.8) is 0 Å². The van der Waals surface area contributed by atoms with E-state index in [1.54, 1.807) is 0 Å². The van der Waals surface area contributed by atoms with Gasteiger partial charge in [-0.25, -0.2) is 0 Å². The molecule has 0 amide bonds. The van der Waals surface area contributed by atoms with Crippen LogP contribution in [0, 0.1) is 6.92 Å². The summed E-state index contributed by atoms with van der Waals surface area (Å²) in [6.45, 7) is 2.18. The summed E-state index contributed by atoms with van der Waals surface area (Å²) >= 11 is 0. The highest BCUT2D eigenvalue weighted by atomic mass is 15.2. The van der Waals surface area contributed by atoms with E-state index in [1.165, 1.54) is 44.9 Å². The number of fused-ring (bicyclic) bond motifs is 4. The summed E-state index contributed by atoms with van der Waals surface area (Å²) in [7, 11) is 0. The maximum atomic E-state index is 2.48. The zero-order chi connectivity index (χ0) is 14.7. The smallest absolute Gasteiger partial charge is 0.0532 e. The van der Waals surface area contributed by atoms with Crippen molar-refractivity contribution < 1.29 is 0 Å². The number of rotatable bonds is 0. The van der Waals surface area contributed by atoms with Gasteiger partial charge in [-0.2, -0.15) is 0 Å². The van der Waals surface area contributed by atoms with E-state index in [-0.39, 0.29) is 0 Å². The normalized spacial score (nSPS) is 14.1. The minimum Gasteiger partial charge on any atom is -0.309 e. The molecule has 1 heteroatoms. The van der Waals surface area contributed by atoms with Gasteiger partial charge in [-0.05, 0) is 46.9 Å². The Labute approximate surface area is 130 Å². The van der Waals surface area contributed by atoms with E-state index in [2.05, 4.69) is 72.5 Å². The number of benzene rings is 3. The van der Waals surface area contributed by atoms with E-state index in [9.17, 15) is 0 Å². The zero-order valence-corrected chi connectivity index (χ0v) is 12.6. The molecule has 5 rings (SSSR count). The zero-order valence-electron chi connectivity index (χ0n) is 12.6. The molecule has 2 heterocycles. The average molecular weight is 283 g/mol. The quantitative estimate of drug-likeness (QED) is 0.374. The van der Waals surface area contributed by atoms with Crippen molar-refractivity contribution in [2.45, 2.75) is 19.8 Å². The first-order valence-corrected chi connectivity index (χ1v) is 7.89. The minimum absolute atomic E-state index is 1.04. The van der Waals surface area contributed by atoms with Crippen LogP contribution in [0.5, 0.6) is 0 Å². The van der Waals surface area contributed by atoms with E-state index in [0.29, 0.717) is 0 Å². The fourth-order valence-corrected chi connectivity index (χ4v) is 3.91. The Morgan fingerprint density at radius 1 is 0.682 bits per heavy atom. The van der Waals surface area contributed by atoms with Crippen LogP contribution in [0.1, 0.15) is 27.8 Å². The molecule has 0 aliphatic carbocycles. The first kappa shape index (κ1) is 12.0. The molecule has 0 radical (unpaired) electrons. The van der Waals surface area contributed by atoms with Gasteiger partial charge in [-0.3, -0.25) is 0 Å². The molecule has 22 heavy (non-hydrogen) atoms.